The van der Waals surface area contributed by atoms with Crippen molar-refractivity contribution < 1.29 is 19.4 Å². The van der Waals surface area contributed by atoms with Gasteiger partial charge in [0.2, 0.25) is 0 Å². The number of aliphatic carboxylic acids is 1. The predicted octanol–water partition coefficient (Wildman–Crippen LogP) is 6.50. The summed E-state index contributed by atoms with van der Waals surface area (Å²) in [7, 11) is 1.52. The van der Waals surface area contributed by atoms with Crippen LogP contribution in [0.15, 0.2) is 60.8 Å². The van der Waals surface area contributed by atoms with Crippen molar-refractivity contribution in [2.24, 2.45) is 0 Å². The Hall–Kier alpha value is -2.90. The van der Waals surface area contributed by atoms with E-state index in [1.54, 1.807) is 30.3 Å². The second kappa shape index (κ2) is 11.2. The molecular formula is C26H23Cl3N2O4. The van der Waals surface area contributed by atoms with E-state index in [-0.39, 0.29) is 13.2 Å². The lowest BCUT2D eigenvalue weighted by Crippen LogP contribution is -2.38. The molecule has 4 rings (SSSR count). The molecule has 0 aliphatic rings. The Kier molecular flexibility index (Phi) is 8.08. The highest BCUT2D eigenvalue weighted by Gasteiger charge is 2.20. The van der Waals surface area contributed by atoms with E-state index in [2.05, 4.69) is 10.3 Å². The van der Waals surface area contributed by atoms with Crippen molar-refractivity contribution in [2.75, 3.05) is 7.11 Å². The molecule has 182 valence electrons. The molecule has 6 nitrogen and oxygen atoms in total. The summed E-state index contributed by atoms with van der Waals surface area (Å²) in [6, 6.07) is 15.6. The molecule has 0 bridgehead atoms. The number of hydrogen-bond acceptors (Lipinski definition) is 4. The lowest BCUT2D eigenvalue weighted by Gasteiger charge is -2.17. The van der Waals surface area contributed by atoms with Gasteiger partial charge in [0.15, 0.2) is 11.5 Å². The van der Waals surface area contributed by atoms with Crippen LogP contribution in [-0.2, 0) is 24.4 Å². The average molecular weight is 534 g/mol. The van der Waals surface area contributed by atoms with Crippen molar-refractivity contribution in [2.45, 2.75) is 25.6 Å². The molecule has 9 heteroatoms. The molecule has 0 saturated carbocycles. The zero-order valence-corrected chi connectivity index (χ0v) is 21.0. The summed E-state index contributed by atoms with van der Waals surface area (Å²) in [5.41, 5.74) is 3.22. The maximum atomic E-state index is 11.9. The molecular weight excluding hydrogens is 511 g/mol. The Morgan fingerprint density at radius 3 is 2.46 bits per heavy atom. The highest BCUT2D eigenvalue weighted by Crippen LogP contribution is 2.35. The number of rotatable bonds is 10. The van der Waals surface area contributed by atoms with Gasteiger partial charge in [-0.1, -0.05) is 59.1 Å². The fourth-order valence-corrected chi connectivity index (χ4v) is 4.53. The summed E-state index contributed by atoms with van der Waals surface area (Å²) >= 11 is 19.0. The highest BCUT2D eigenvalue weighted by atomic mass is 35.5. The number of ether oxygens (including phenoxy) is 2. The van der Waals surface area contributed by atoms with E-state index >= 15 is 0 Å². The minimum atomic E-state index is -0.949. The van der Waals surface area contributed by atoms with Gasteiger partial charge in [0.25, 0.3) is 0 Å². The van der Waals surface area contributed by atoms with Gasteiger partial charge in [-0.05, 0) is 35.4 Å². The molecule has 3 aromatic carbocycles. The molecule has 0 saturated heterocycles. The van der Waals surface area contributed by atoms with E-state index in [1.165, 1.54) is 7.11 Å². The summed E-state index contributed by atoms with van der Waals surface area (Å²) in [6.45, 7) is 0.361. The number of carbonyl (C=O) groups is 1. The maximum absolute atomic E-state index is 11.9. The van der Waals surface area contributed by atoms with E-state index in [1.807, 2.05) is 30.5 Å². The summed E-state index contributed by atoms with van der Waals surface area (Å²) in [4.78, 5) is 15.1. The number of carboxylic acids is 1. The fourth-order valence-electron chi connectivity index (χ4n) is 3.81. The number of aromatic nitrogens is 1. The van der Waals surface area contributed by atoms with Gasteiger partial charge in [-0.2, -0.15) is 0 Å². The van der Waals surface area contributed by atoms with Crippen LogP contribution in [0.1, 0.15) is 16.7 Å². The van der Waals surface area contributed by atoms with Crippen LogP contribution in [0.2, 0.25) is 15.1 Å². The van der Waals surface area contributed by atoms with E-state index in [9.17, 15) is 9.90 Å². The molecule has 1 atom stereocenters. The zero-order valence-electron chi connectivity index (χ0n) is 18.8. The smallest absolute Gasteiger partial charge is 0.321 e. The Morgan fingerprint density at radius 2 is 1.74 bits per heavy atom. The van der Waals surface area contributed by atoms with Gasteiger partial charge >= 0.3 is 5.97 Å². The number of benzene rings is 3. The van der Waals surface area contributed by atoms with Crippen LogP contribution in [0.4, 0.5) is 0 Å². The Balaban J connectivity index is 1.47. The first kappa shape index (κ1) is 25.2. The zero-order chi connectivity index (χ0) is 24.9. The first-order valence-electron chi connectivity index (χ1n) is 10.8. The van der Waals surface area contributed by atoms with Crippen LogP contribution in [0, 0.1) is 0 Å². The Morgan fingerprint density at radius 1 is 1.00 bits per heavy atom. The van der Waals surface area contributed by atoms with Crippen LogP contribution >= 0.6 is 34.8 Å². The number of fused-ring (bicyclic) bond motifs is 1. The third-order valence-corrected chi connectivity index (χ3v) is 6.76. The van der Waals surface area contributed by atoms with Crippen molar-refractivity contribution in [1.29, 1.82) is 0 Å². The molecule has 0 radical (unpaired) electrons. The summed E-state index contributed by atoms with van der Waals surface area (Å²) < 4.78 is 11.4. The molecule has 0 fully saturated rings. The number of halogens is 3. The monoisotopic (exact) mass is 532 g/mol. The van der Waals surface area contributed by atoms with Gasteiger partial charge in [-0.15, -0.1) is 0 Å². The second-order valence-electron chi connectivity index (χ2n) is 7.92. The highest BCUT2D eigenvalue weighted by molar-refractivity contribution is 6.36. The molecule has 0 aliphatic heterocycles. The molecule has 1 aromatic heterocycles. The molecule has 0 spiro atoms. The van der Waals surface area contributed by atoms with Crippen LogP contribution in [-0.4, -0.2) is 29.2 Å². The summed E-state index contributed by atoms with van der Waals surface area (Å²) in [6.07, 6.45) is 2.16. The number of H-pyrrole nitrogens is 1. The van der Waals surface area contributed by atoms with E-state index in [0.717, 1.165) is 16.5 Å². The van der Waals surface area contributed by atoms with E-state index in [4.69, 9.17) is 44.3 Å². The van der Waals surface area contributed by atoms with Crippen LogP contribution in [0.3, 0.4) is 0 Å². The number of carboxylic acid groups (broad SMARTS) is 1. The Labute approximate surface area is 217 Å². The minimum absolute atomic E-state index is 0.133. The predicted molar refractivity (Wildman–Crippen MR) is 139 cm³/mol. The number of hydrogen-bond donors (Lipinski definition) is 3. The number of para-hydroxylation sites is 1. The fraction of sp³-hybridized carbons (Fsp3) is 0.192. The lowest BCUT2D eigenvalue weighted by molar-refractivity contribution is -0.139. The maximum Gasteiger partial charge on any atom is 0.321 e. The topological polar surface area (TPSA) is 83.6 Å². The lowest BCUT2D eigenvalue weighted by atomic mass is 10.0. The second-order valence-corrected chi connectivity index (χ2v) is 9.14. The van der Waals surface area contributed by atoms with Gasteiger partial charge in [-0.25, -0.2) is 0 Å². The quantitative estimate of drug-likeness (QED) is 0.217. The summed E-state index contributed by atoms with van der Waals surface area (Å²) in [5.74, 6) is -0.0707. The SMILES string of the molecule is COc1cc(CNC(Cc2c[nH]c3ccccc23)C(=O)O)c(Cl)cc1OCc1c(Cl)cccc1Cl. The standard InChI is InChI=1S/C26H23Cl3N2O4/c1-34-24-10-16(21(29)11-25(24)35-14-18-19(27)6-4-7-20(18)28)13-31-23(26(32)33)9-15-12-30-22-8-3-2-5-17(15)22/h2-8,10-12,23,30-31H,9,13-14H2,1H3,(H,32,33). The summed E-state index contributed by atoms with van der Waals surface area (Å²) in [5, 5.41) is 15.3. The van der Waals surface area contributed by atoms with Crippen LogP contribution in [0.5, 0.6) is 11.5 Å². The number of nitrogens with one attached hydrogen (secondary N) is 2. The Bertz CT molecular complexity index is 1340. The molecule has 1 unspecified atom stereocenters. The van der Waals surface area contributed by atoms with Crippen LogP contribution in [0.25, 0.3) is 10.9 Å². The van der Waals surface area contributed by atoms with E-state index < -0.39 is 12.0 Å². The number of aromatic amines is 1. The molecule has 35 heavy (non-hydrogen) atoms. The van der Waals surface area contributed by atoms with Crippen LogP contribution < -0.4 is 14.8 Å². The molecule has 0 amide bonds. The van der Waals surface area contributed by atoms with Gasteiger partial charge in [0.05, 0.1) is 7.11 Å². The minimum Gasteiger partial charge on any atom is -0.493 e. The van der Waals surface area contributed by atoms with Crippen molar-refractivity contribution in [1.82, 2.24) is 10.3 Å². The molecule has 1 heterocycles. The largest absolute Gasteiger partial charge is 0.493 e. The van der Waals surface area contributed by atoms with E-state index in [0.29, 0.717) is 44.1 Å². The number of methoxy groups -OCH3 is 1. The van der Waals surface area contributed by atoms with Crippen molar-refractivity contribution in [3.8, 4) is 11.5 Å². The van der Waals surface area contributed by atoms with Gasteiger partial charge in [-0.3, -0.25) is 10.1 Å². The van der Waals surface area contributed by atoms with Crippen molar-refractivity contribution in [3.63, 3.8) is 0 Å². The van der Waals surface area contributed by atoms with Crippen molar-refractivity contribution >= 4 is 51.7 Å². The third kappa shape index (κ3) is 5.85. The van der Waals surface area contributed by atoms with Gasteiger partial charge in [0.1, 0.15) is 12.6 Å². The first-order chi connectivity index (χ1) is 16.9. The van der Waals surface area contributed by atoms with Crippen molar-refractivity contribution in [3.05, 3.63) is 92.6 Å². The first-order valence-corrected chi connectivity index (χ1v) is 11.9. The molecule has 0 aliphatic carbocycles. The average Bonchev–Trinajstić information content (AvgIpc) is 3.25. The van der Waals surface area contributed by atoms with Gasteiger partial charge in [0, 0.05) is 56.8 Å². The normalized spacial score (nSPS) is 12.0. The third-order valence-electron chi connectivity index (χ3n) is 5.70. The van der Waals surface area contributed by atoms with Gasteiger partial charge < -0.3 is 19.6 Å². The molecule has 3 N–H and O–H groups in total. The molecule has 4 aromatic rings.